The van der Waals surface area contributed by atoms with Gasteiger partial charge in [0.1, 0.15) is 5.69 Å². The van der Waals surface area contributed by atoms with Crippen LogP contribution < -0.4 is 4.90 Å². The number of benzene rings is 1. The van der Waals surface area contributed by atoms with E-state index in [1.165, 1.54) is 17.9 Å². The normalized spacial score (nSPS) is 20.1. The average molecular weight is 497 g/mol. The molecule has 12 heteroatoms. The average Bonchev–Trinajstić information content (AvgIpc) is 3.40. The van der Waals surface area contributed by atoms with Gasteiger partial charge in [0.2, 0.25) is 5.95 Å². The van der Waals surface area contributed by atoms with E-state index >= 15 is 0 Å². The predicted molar refractivity (Wildman–Crippen MR) is 117 cm³/mol. The molecule has 3 heterocycles. The molecule has 0 amide bonds. The molecular weight excluding hydrogens is 473 g/mol. The fraction of sp³-hybridized carbons (Fsp3) is 0.522. The minimum atomic E-state index is -5.14. The number of fused-ring (bicyclic) bond motifs is 1. The van der Waals surface area contributed by atoms with Gasteiger partial charge in [0.25, 0.3) is 0 Å². The number of phenolic OH excluding ortho intramolecular Hbond substituents is 1. The number of hydrogen-bond acceptors (Lipinski definition) is 6. The lowest BCUT2D eigenvalue weighted by Gasteiger charge is -2.41. The lowest BCUT2D eigenvalue weighted by Crippen LogP contribution is -2.46. The Kier molecular flexibility index (Phi) is 5.61. The molecule has 0 radical (unpaired) electrons. The number of anilines is 1. The second-order valence-corrected chi connectivity index (χ2v) is 9.32. The van der Waals surface area contributed by atoms with Crippen molar-refractivity contribution in [2.45, 2.75) is 56.3 Å². The van der Waals surface area contributed by atoms with Crippen molar-refractivity contribution in [2.24, 2.45) is 7.05 Å². The van der Waals surface area contributed by atoms with Gasteiger partial charge in [0.05, 0.1) is 16.6 Å². The van der Waals surface area contributed by atoms with Crippen molar-refractivity contribution < 1.29 is 31.8 Å². The molecular formula is C23H24F5N5O2. The summed E-state index contributed by atoms with van der Waals surface area (Å²) in [4.78, 5) is 10.9. The van der Waals surface area contributed by atoms with E-state index in [1.54, 1.807) is 0 Å². The van der Waals surface area contributed by atoms with Crippen LogP contribution in [-0.2, 0) is 18.0 Å². The van der Waals surface area contributed by atoms with Gasteiger partial charge < -0.3 is 14.7 Å². The van der Waals surface area contributed by atoms with E-state index in [4.69, 9.17) is 4.74 Å². The first kappa shape index (κ1) is 23.7. The molecule has 35 heavy (non-hydrogen) atoms. The summed E-state index contributed by atoms with van der Waals surface area (Å²) < 4.78 is 75.8. The Morgan fingerprint density at radius 1 is 1.20 bits per heavy atom. The summed E-state index contributed by atoms with van der Waals surface area (Å²) in [5, 5.41) is 14.0. The maximum absolute atomic E-state index is 14.7. The molecule has 1 N–H and O–H groups in total. The van der Waals surface area contributed by atoms with Crippen molar-refractivity contribution in [1.29, 1.82) is 0 Å². The molecule has 1 atom stereocenters. The van der Waals surface area contributed by atoms with Crippen LogP contribution in [0.25, 0.3) is 22.3 Å². The zero-order valence-electron chi connectivity index (χ0n) is 19.2. The standard InChI is InChI=1S/C23H24F5N5O2/c1-32(12-5-8-35-22(10-12)6-3-4-7-22)21-29-11-14-18(31-33(2)20(14)30-21)13-9-15(23(26,27)28)17(25)19(34)16(13)24/h9,11-12,34H,3-8,10H2,1-2H3. The molecule has 7 nitrogen and oxygen atoms in total. The molecule has 0 bridgehead atoms. The van der Waals surface area contributed by atoms with Gasteiger partial charge in [-0.15, -0.1) is 0 Å². The zero-order chi connectivity index (χ0) is 25.1. The van der Waals surface area contributed by atoms with Crippen LogP contribution in [0.4, 0.5) is 27.9 Å². The zero-order valence-corrected chi connectivity index (χ0v) is 19.2. The van der Waals surface area contributed by atoms with E-state index in [-0.39, 0.29) is 28.4 Å². The number of halogens is 5. The van der Waals surface area contributed by atoms with E-state index < -0.39 is 34.7 Å². The lowest BCUT2D eigenvalue weighted by atomic mass is 9.88. The topological polar surface area (TPSA) is 76.3 Å². The largest absolute Gasteiger partial charge is 0.503 e. The highest BCUT2D eigenvalue weighted by Gasteiger charge is 2.42. The van der Waals surface area contributed by atoms with Crippen LogP contribution in [0.3, 0.4) is 0 Å². The number of aromatic nitrogens is 4. The third-order valence-corrected chi connectivity index (χ3v) is 7.15. The molecule has 1 aliphatic carbocycles. The van der Waals surface area contributed by atoms with Crippen LogP contribution in [-0.4, -0.2) is 50.2 Å². The molecule has 5 rings (SSSR count). The van der Waals surface area contributed by atoms with Crippen LogP contribution in [0.1, 0.15) is 44.1 Å². The Balaban J connectivity index is 1.53. The van der Waals surface area contributed by atoms with E-state index in [0.29, 0.717) is 18.6 Å². The van der Waals surface area contributed by atoms with Crippen molar-refractivity contribution in [3.05, 3.63) is 29.5 Å². The van der Waals surface area contributed by atoms with Crippen LogP contribution >= 0.6 is 0 Å². The van der Waals surface area contributed by atoms with E-state index in [2.05, 4.69) is 15.1 Å². The molecule has 1 unspecified atom stereocenters. The number of alkyl halides is 3. The Hall–Kier alpha value is -3.02. The third kappa shape index (κ3) is 3.97. The molecule has 1 spiro atoms. The number of nitrogens with zero attached hydrogens (tertiary/aromatic N) is 5. The lowest BCUT2D eigenvalue weighted by molar-refractivity contribution is -0.140. The molecule has 3 aromatic rings. The second-order valence-electron chi connectivity index (χ2n) is 9.32. The first-order valence-electron chi connectivity index (χ1n) is 11.4. The predicted octanol–water partition coefficient (Wildman–Crippen LogP) is 4.96. The Morgan fingerprint density at radius 3 is 2.60 bits per heavy atom. The number of rotatable bonds is 3. The van der Waals surface area contributed by atoms with Gasteiger partial charge in [-0.05, 0) is 31.7 Å². The van der Waals surface area contributed by atoms with Gasteiger partial charge in [-0.3, -0.25) is 0 Å². The van der Waals surface area contributed by atoms with Gasteiger partial charge in [-0.1, -0.05) is 12.8 Å². The monoisotopic (exact) mass is 497 g/mol. The quantitative estimate of drug-likeness (QED) is 0.516. The maximum atomic E-state index is 14.7. The van der Waals surface area contributed by atoms with Gasteiger partial charge >= 0.3 is 6.18 Å². The smallest absolute Gasteiger partial charge is 0.419 e. The highest BCUT2D eigenvalue weighted by molar-refractivity contribution is 5.91. The van der Waals surface area contributed by atoms with E-state index in [0.717, 1.165) is 38.5 Å². The summed E-state index contributed by atoms with van der Waals surface area (Å²) in [5.41, 5.74) is -2.57. The number of phenols is 1. The molecule has 2 aromatic heterocycles. The minimum absolute atomic E-state index is 0.112. The summed E-state index contributed by atoms with van der Waals surface area (Å²) in [7, 11) is 3.39. The van der Waals surface area contributed by atoms with Crippen molar-refractivity contribution in [3.8, 4) is 17.0 Å². The molecule has 188 valence electrons. The second kappa shape index (κ2) is 8.28. The number of aryl methyl sites for hydroxylation is 1. The molecule has 1 aliphatic heterocycles. The summed E-state index contributed by atoms with van der Waals surface area (Å²) in [5.74, 6) is -4.94. The van der Waals surface area contributed by atoms with Crippen molar-refractivity contribution in [1.82, 2.24) is 19.7 Å². The molecule has 1 saturated heterocycles. The van der Waals surface area contributed by atoms with Crippen molar-refractivity contribution >= 4 is 17.0 Å². The van der Waals surface area contributed by atoms with E-state index in [9.17, 15) is 27.1 Å². The van der Waals surface area contributed by atoms with Gasteiger partial charge in [0.15, 0.2) is 23.0 Å². The Bertz CT molecular complexity index is 1290. The number of aromatic hydroxyl groups is 1. The fourth-order valence-corrected chi connectivity index (χ4v) is 5.26. The van der Waals surface area contributed by atoms with Crippen molar-refractivity contribution in [3.63, 3.8) is 0 Å². The van der Waals surface area contributed by atoms with Crippen LogP contribution in [0, 0.1) is 11.6 Å². The van der Waals surface area contributed by atoms with Gasteiger partial charge in [-0.2, -0.15) is 23.3 Å². The fourth-order valence-electron chi connectivity index (χ4n) is 5.26. The highest BCUT2D eigenvalue weighted by Crippen LogP contribution is 2.43. The van der Waals surface area contributed by atoms with Crippen LogP contribution in [0.2, 0.25) is 0 Å². The van der Waals surface area contributed by atoms with Crippen molar-refractivity contribution in [2.75, 3.05) is 18.6 Å². The van der Waals surface area contributed by atoms with Gasteiger partial charge in [-0.25, -0.2) is 18.4 Å². The Morgan fingerprint density at radius 2 is 1.91 bits per heavy atom. The minimum Gasteiger partial charge on any atom is -0.503 e. The maximum Gasteiger partial charge on any atom is 0.419 e. The van der Waals surface area contributed by atoms with Gasteiger partial charge in [0, 0.05) is 38.5 Å². The SMILES string of the molecule is CN(c1ncc2c(-c3cc(C(F)(F)F)c(F)c(O)c3F)nn(C)c2n1)C1CCOC2(CCCC2)C1. The third-order valence-electron chi connectivity index (χ3n) is 7.15. The summed E-state index contributed by atoms with van der Waals surface area (Å²) in [6.07, 6.45) is 2.20. The van der Waals surface area contributed by atoms with Crippen LogP contribution in [0.5, 0.6) is 5.75 Å². The summed E-state index contributed by atoms with van der Waals surface area (Å²) in [6.45, 7) is 0.641. The molecule has 1 saturated carbocycles. The van der Waals surface area contributed by atoms with Crippen LogP contribution in [0.15, 0.2) is 12.3 Å². The number of ether oxygens (including phenoxy) is 1. The highest BCUT2D eigenvalue weighted by atomic mass is 19.4. The first-order valence-corrected chi connectivity index (χ1v) is 11.4. The molecule has 2 fully saturated rings. The Labute approximate surface area is 197 Å². The molecule has 1 aromatic carbocycles. The summed E-state index contributed by atoms with van der Waals surface area (Å²) >= 11 is 0. The first-order chi connectivity index (χ1) is 16.5. The summed E-state index contributed by atoms with van der Waals surface area (Å²) in [6, 6.07) is 0.447. The van der Waals surface area contributed by atoms with E-state index in [1.807, 2.05) is 11.9 Å². The number of hydrogen-bond donors (Lipinski definition) is 1. The molecule has 2 aliphatic rings.